The van der Waals surface area contributed by atoms with E-state index in [4.69, 9.17) is 27.9 Å². The summed E-state index contributed by atoms with van der Waals surface area (Å²) in [5, 5.41) is 1.54. The van der Waals surface area contributed by atoms with Crippen LogP contribution < -0.4 is 0 Å². The second kappa shape index (κ2) is 10.5. The molecule has 1 aromatic carbocycles. The Hall–Kier alpha value is -0.240. The molecule has 1 nitrogen and oxygen atoms in total. The molecule has 1 aliphatic rings. The maximum Gasteiger partial charge on any atom is 0.0471 e. The molecule has 0 N–H and O–H groups in total. The van der Waals surface area contributed by atoms with Gasteiger partial charge in [-0.1, -0.05) is 50.9 Å². The standard InChI is InChI=1S/C12H14Cl2O.2C2H6/c1-8-11(13)6-10(7-12(8)14)9-2-4-15-5-3-9;2*1-2/h6-7,9H,2-5H2,1H3;2*1-2H3. The minimum Gasteiger partial charge on any atom is -0.381 e. The van der Waals surface area contributed by atoms with Gasteiger partial charge < -0.3 is 4.74 Å². The van der Waals surface area contributed by atoms with Gasteiger partial charge in [0.25, 0.3) is 0 Å². The van der Waals surface area contributed by atoms with Gasteiger partial charge in [-0.05, 0) is 48.9 Å². The molecule has 0 saturated carbocycles. The van der Waals surface area contributed by atoms with Crippen LogP contribution in [0.4, 0.5) is 0 Å². The molecule has 1 aromatic rings. The van der Waals surface area contributed by atoms with Crippen LogP contribution in [0.15, 0.2) is 12.1 Å². The summed E-state index contributed by atoms with van der Waals surface area (Å²) in [4.78, 5) is 0. The summed E-state index contributed by atoms with van der Waals surface area (Å²) in [7, 11) is 0. The second-order valence-electron chi connectivity index (χ2n) is 4.00. The van der Waals surface area contributed by atoms with Crippen molar-refractivity contribution in [3.63, 3.8) is 0 Å². The van der Waals surface area contributed by atoms with E-state index in [1.54, 1.807) is 0 Å². The monoisotopic (exact) mass is 304 g/mol. The first-order valence-electron chi connectivity index (χ1n) is 7.22. The Balaban J connectivity index is 0.000000741. The maximum absolute atomic E-state index is 6.12. The predicted molar refractivity (Wildman–Crippen MR) is 86.7 cm³/mol. The largest absolute Gasteiger partial charge is 0.381 e. The first-order chi connectivity index (χ1) is 9.18. The van der Waals surface area contributed by atoms with Crippen molar-refractivity contribution in [1.82, 2.24) is 0 Å². The van der Waals surface area contributed by atoms with E-state index in [0.29, 0.717) is 5.92 Å². The highest BCUT2D eigenvalue weighted by molar-refractivity contribution is 6.36. The molecule has 3 heteroatoms. The van der Waals surface area contributed by atoms with E-state index in [0.717, 1.165) is 41.7 Å². The van der Waals surface area contributed by atoms with Crippen LogP contribution in [0.3, 0.4) is 0 Å². The summed E-state index contributed by atoms with van der Waals surface area (Å²) in [6.45, 7) is 11.6. The van der Waals surface area contributed by atoms with Crippen molar-refractivity contribution in [2.75, 3.05) is 13.2 Å². The normalized spacial score (nSPS) is 14.9. The van der Waals surface area contributed by atoms with E-state index >= 15 is 0 Å². The Morgan fingerprint density at radius 2 is 1.37 bits per heavy atom. The van der Waals surface area contributed by atoms with Crippen LogP contribution >= 0.6 is 23.2 Å². The van der Waals surface area contributed by atoms with Gasteiger partial charge >= 0.3 is 0 Å². The lowest BCUT2D eigenvalue weighted by molar-refractivity contribution is 0.0853. The highest BCUT2D eigenvalue weighted by Crippen LogP contribution is 2.33. The molecule has 0 spiro atoms. The fourth-order valence-electron chi connectivity index (χ4n) is 1.93. The van der Waals surface area contributed by atoms with Crippen molar-refractivity contribution < 1.29 is 4.74 Å². The van der Waals surface area contributed by atoms with Gasteiger partial charge in [0.1, 0.15) is 0 Å². The van der Waals surface area contributed by atoms with E-state index in [1.165, 1.54) is 5.56 Å². The van der Waals surface area contributed by atoms with Crippen LogP contribution in [-0.2, 0) is 4.74 Å². The average Bonchev–Trinajstić information content (AvgIpc) is 2.49. The zero-order chi connectivity index (χ0) is 14.8. The Morgan fingerprint density at radius 1 is 0.947 bits per heavy atom. The van der Waals surface area contributed by atoms with Crippen molar-refractivity contribution in [2.45, 2.75) is 53.4 Å². The van der Waals surface area contributed by atoms with Crippen molar-refractivity contribution in [1.29, 1.82) is 0 Å². The van der Waals surface area contributed by atoms with E-state index in [2.05, 4.69) is 0 Å². The molecule has 0 unspecified atom stereocenters. The Morgan fingerprint density at radius 3 is 1.79 bits per heavy atom. The Labute approximate surface area is 128 Å². The van der Waals surface area contributed by atoms with E-state index in [9.17, 15) is 0 Å². The van der Waals surface area contributed by atoms with Gasteiger partial charge in [0, 0.05) is 23.3 Å². The van der Waals surface area contributed by atoms with Gasteiger partial charge in [-0.25, -0.2) is 0 Å². The third-order valence-electron chi connectivity index (χ3n) is 3.00. The van der Waals surface area contributed by atoms with Gasteiger partial charge in [0.15, 0.2) is 0 Å². The third kappa shape index (κ3) is 5.72. The minimum absolute atomic E-state index is 0.550. The summed E-state index contributed by atoms with van der Waals surface area (Å²) in [5.74, 6) is 0.550. The summed E-state index contributed by atoms with van der Waals surface area (Å²) in [5.41, 5.74) is 2.22. The van der Waals surface area contributed by atoms with E-state index in [1.807, 2.05) is 46.8 Å². The number of hydrogen-bond donors (Lipinski definition) is 0. The summed E-state index contributed by atoms with van der Waals surface area (Å²) in [6, 6.07) is 4.08. The first-order valence-corrected chi connectivity index (χ1v) is 7.97. The lowest BCUT2D eigenvalue weighted by Gasteiger charge is -2.23. The first kappa shape index (κ1) is 18.8. The van der Waals surface area contributed by atoms with Crippen LogP contribution in [-0.4, -0.2) is 13.2 Å². The molecule has 110 valence electrons. The van der Waals surface area contributed by atoms with Crippen molar-refractivity contribution in [3.05, 3.63) is 33.3 Å². The average molecular weight is 305 g/mol. The molecular weight excluding hydrogens is 279 g/mol. The van der Waals surface area contributed by atoms with Crippen molar-refractivity contribution in [3.8, 4) is 0 Å². The van der Waals surface area contributed by atoms with Crippen molar-refractivity contribution in [2.24, 2.45) is 0 Å². The summed E-state index contributed by atoms with van der Waals surface area (Å²) in [6.07, 6.45) is 2.13. The molecule has 0 radical (unpaired) electrons. The molecule has 0 aliphatic carbocycles. The molecule has 19 heavy (non-hydrogen) atoms. The molecule has 1 saturated heterocycles. The van der Waals surface area contributed by atoms with Crippen molar-refractivity contribution >= 4 is 23.2 Å². The maximum atomic E-state index is 6.12. The number of ether oxygens (including phenoxy) is 1. The number of halogens is 2. The highest BCUT2D eigenvalue weighted by atomic mass is 35.5. The summed E-state index contributed by atoms with van der Waals surface area (Å²) < 4.78 is 5.34. The summed E-state index contributed by atoms with van der Waals surface area (Å²) >= 11 is 12.2. The molecule has 1 aliphatic heterocycles. The fraction of sp³-hybridized carbons (Fsp3) is 0.625. The molecule has 1 heterocycles. The molecule has 0 aromatic heterocycles. The molecule has 0 amide bonds. The predicted octanol–water partition coefficient (Wildman–Crippen LogP) is 6.25. The molecule has 0 bridgehead atoms. The van der Waals surface area contributed by atoms with Gasteiger partial charge in [-0.3, -0.25) is 0 Å². The Kier molecular flexibility index (Phi) is 10.4. The number of rotatable bonds is 1. The lowest BCUT2D eigenvalue weighted by atomic mass is 9.91. The van der Waals surface area contributed by atoms with Crippen LogP contribution in [0.25, 0.3) is 0 Å². The zero-order valence-electron chi connectivity index (χ0n) is 12.7. The Bertz CT molecular complexity index is 335. The number of hydrogen-bond acceptors (Lipinski definition) is 1. The highest BCUT2D eigenvalue weighted by Gasteiger charge is 2.17. The fourth-order valence-corrected chi connectivity index (χ4v) is 2.44. The van der Waals surface area contributed by atoms with E-state index < -0.39 is 0 Å². The van der Waals surface area contributed by atoms with E-state index in [-0.39, 0.29) is 0 Å². The second-order valence-corrected chi connectivity index (χ2v) is 4.81. The molecular formula is C16H26Cl2O. The quantitative estimate of drug-likeness (QED) is 0.596. The smallest absolute Gasteiger partial charge is 0.0471 e. The topological polar surface area (TPSA) is 9.23 Å². The SMILES string of the molecule is CC.CC.Cc1c(Cl)cc(C2CCOCC2)cc1Cl. The van der Waals surface area contributed by atoms with Crippen LogP contribution in [0.5, 0.6) is 0 Å². The third-order valence-corrected chi connectivity index (χ3v) is 3.78. The lowest BCUT2D eigenvalue weighted by Crippen LogP contribution is -2.14. The zero-order valence-corrected chi connectivity index (χ0v) is 14.2. The molecule has 0 atom stereocenters. The molecule has 2 rings (SSSR count). The minimum atomic E-state index is 0.550. The van der Waals surface area contributed by atoms with Crippen LogP contribution in [0, 0.1) is 6.92 Å². The van der Waals surface area contributed by atoms with Crippen LogP contribution in [0.2, 0.25) is 10.0 Å². The van der Waals surface area contributed by atoms with Gasteiger partial charge in [-0.15, -0.1) is 0 Å². The van der Waals surface area contributed by atoms with Crippen LogP contribution in [0.1, 0.15) is 57.6 Å². The van der Waals surface area contributed by atoms with Gasteiger partial charge in [0.05, 0.1) is 0 Å². The molecule has 1 fully saturated rings. The number of benzene rings is 1. The van der Waals surface area contributed by atoms with Gasteiger partial charge in [0.2, 0.25) is 0 Å². The van der Waals surface area contributed by atoms with Gasteiger partial charge in [-0.2, -0.15) is 0 Å².